The number of unbranched alkanes of at least 4 members (excludes halogenated alkanes) is 1. The van der Waals surface area contributed by atoms with Gasteiger partial charge in [0.25, 0.3) is 5.91 Å². The van der Waals surface area contributed by atoms with Crippen molar-refractivity contribution < 1.29 is 23.8 Å². The molecule has 0 aliphatic heterocycles. The monoisotopic (exact) mass is 480 g/mol. The van der Waals surface area contributed by atoms with Crippen LogP contribution in [-0.2, 0) is 0 Å². The summed E-state index contributed by atoms with van der Waals surface area (Å²) in [6.07, 6.45) is 3.47. The number of rotatable bonds is 10. The van der Waals surface area contributed by atoms with Gasteiger partial charge >= 0.3 is 5.97 Å². The maximum atomic E-state index is 12.5. The Hall–Kier alpha value is -3.84. The van der Waals surface area contributed by atoms with E-state index in [2.05, 4.69) is 17.5 Å². The molecular formula is C26H25ClN2O5. The van der Waals surface area contributed by atoms with Crippen LogP contribution in [0.2, 0.25) is 5.02 Å². The molecule has 0 saturated carbocycles. The molecular weight excluding hydrogens is 456 g/mol. The molecule has 0 radical (unpaired) electrons. The van der Waals surface area contributed by atoms with E-state index < -0.39 is 11.9 Å². The van der Waals surface area contributed by atoms with E-state index in [0.29, 0.717) is 39.8 Å². The largest absolute Gasteiger partial charge is 0.494 e. The van der Waals surface area contributed by atoms with Crippen LogP contribution in [0.1, 0.15) is 46.0 Å². The van der Waals surface area contributed by atoms with Gasteiger partial charge in [0.15, 0.2) is 11.5 Å². The lowest BCUT2D eigenvalue weighted by Crippen LogP contribution is -2.17. The van der Waals surface area contributed by atoms with Crippen LogP contribution in [0, 0.1) is 0 Å². The van der Waals surface area contributed by atoms with Crippen molar-refractivity contribution in [2.24, 2.45) is 5.10 Å². The highest BCUT2D eigenvalue weighted by Crippen LogP contribution is 2.28. The Kier molecular flexibility index (Phi) is 9.05. The third kappa shape index (κ3) is 7.08. The van der Waals surface area contributed by atoms with Crippen molar-refractivity contribution in [3.63, 3.8) is 0 Å². The molecule has 0 saturated heterocycles. The molecule has 8 heteroatoms. The number of nitrogens with zero attached hydrogens (tertiary/aromatic N) is 1. The number of halogens is 1. The van der Waals surface area contributed by atoms with E-state index in [4.69, 9.17) is 25.8 Å². The molecule has 0 aliphatic rings. The fourth-order valence-corrected chi connectivity index (χ4v) is 3.08. The quantitative estimate of drug-likeness (QED) is 0.136. The van der Waals surface area contributed by atoms with Crippen molar-refractivity contribution in [2.75, 3.05) is 13.7 Å². The topological polar surface area (TPSA) is 86.2 Å². The second kappa shape index (κ2) is 12.4. The summed E-state index contributed by atoms with van der Waals surface area (Å²) in [7, 11) is 1.47. The highest BCUT2D eigenvalue weighted by atomic mass is 35.5. The van der Waals surface area contributed by atoms with E-state index in [1.54, 1.807) is 66.7 Å². The fourth-order valence-electron chi connectivity index (χ4n) is 2.89. The minimum atomic E-state index is -0.520. The first-order valence-corrected chi connectivity index (χ1v) is 11.1. The Morgan fingerprint density at radius 1 is 1.00 bits per heavy atom. The summed E-state index contributed by atoms with van der Waals surface area (Å²) in [5.41, 5.74) is 3.85. The second-order valence-corrected chi connectivity index (χ2v) is 7.67. The van der Waals surface area contributed by atoms with Gasteiger partial charge in [-0.25, -0.2) is 10.2 Å². The summed E-state index contributed by atoms with van der Waals surface area (Å²) in [4.78, 5) is 24.7. The van der Waals surface area contributed by atoms with Crippen molar-refractivity contribution in [1.82, 2.24) is 5.43 Å². The maximum Gasteiger partial charge on any atom is 0.343 e. The predicted octanol–water partition coefficient (Wildman–Crippen LogP) is 5.51. The van der Waals surface area contributed by atoms with Gasteiger partial charge in [-0.1, -0.05) is 31.0 Å². The smallest absolute Gasteiger partial charge is 0.343 e. The number of hydrazone groups is 1. The van der Waals surface area contributed by atoms with Crippen LogP contribution in [0.15, 0.2) is 71.8 Å². The van der Waals surface area contributed by atoms with Gasteiger partial charge in [0.2, 0.25) is 0 Å². The Labute approximate surface area is 203 Å². The standard InChI is InChI=1S/C26H25ClN2O5/c1-3-4-14-33-22-11-9-19(10-12-22)26(31)34-23-13-8-18(15-24(23)32-2)17-28-29-25(30)20-6-5-7-21(27)16-20/h5-13,15-17H,3-4,14H2,1-2H3,(H,29,30)/b28-17+. The summed E-state index contributed by atoms with van der Waals surface area (Å²) in [6, 6.07) is 18.2. The van der Waals surface area contributed by atoms with Crippen LogP contribution in [0.4, 0.5) is 0 Å². The zero-order valence-electron chi connectivity index (χ0n) is 18.9. The van der Waals surface area contributed by atoms with E-state index in [1.807, 2.05) is 0 Å². The average Bonchev–Trinajstić information content (AvgIpc) is 2.85. The minimum Gasteiger partial charge on any atom is -0.494 e. The van der Waals surface area contributed by atoms with E-state index >= 15 is 0 Å². The summed E-state index contributed by atoms with van der Waals surface area (Å²) in [6.45, 7) is 2.73. The molecule has 0 aliphatic carbocycles. The lowest BCUT2D eigenvalue weighted by Gasteiger charge is -2.10. The number of amides is 1. The molecule has 0 unspecified atom stereocenters. The molecule has 0 atom stereocenters. The maximum absolute atomic E-state index is 12.5. The normalized spacial score (nSPS) is 10.7. The number of carbonyl (C=O) groups excluding carboxylic acids is 2. The number of hydrogen-bond donors (Lipinski definition) is 1. The third-order valence-corrected chi connectivity index (χ3v) is 4.95. The van der Waals surface area contributed by atoms with Crippen LogP contribution in [-0.4, -0.2) is 31.8 Å². The number of carbonyl (C=O) groups is 2. The number of methoxy groups -OCH3 is 1. The molecule has 7 nitrogen and oxygen atoms in total. The van der Waals surface area contributed by atoms with Crippen LogP contribution >= 0.6 is 11.6 Å². The van der Waals surface area contributed by atoms with Gasteiger partial charge in [0.1, 0.15) is 5.75 Å². The molecule has 3 rings (SSSR count). The first-order valence-electron chi connectivity index (χ1n) is 10.7. The van der Waals surface area contributed by atoms with Crippen molar-refractivity contribution >= 4 is 29.7 Å². The lowest BCUT2D eigenvalue weighted by molar-refractivity contribution is 0.0729. The molecule has 0 aromatic heterocycles. The van der Waals surface area contributed by atoms with Crippen LogP contribution in [0.3, 0.4) is 0 Å². The SMILES string of the molecule is CCCCOc1ccc(C(=O)Oc2ccc(/C=N/NC(=O)c3cccc(Cl)c3)cc2OC)cc1. The summed E-state index contributed by atoms with van der Waals surface area (Å²) in [5, 5.41) is 4.41. The van der Waals surface area contributed by atoms with Gasteiger partial charge in [-0.05, 0) is 72.6 Å². The molecule has 3 aromatic rings. The molecule has 0 heterocycles. The van der Waals surface area contributed by atoms with Crippen LogP contribution < -0.4 is 19.6 Å². The predicted molar refractivity (Wildman–Crippen MR) is 131 cm³/mol. The van der Waals surface area contributed by atoms with Gasteiger partial charge in [-0.15, -0.1) is 0 Å². The van der Waals surface area contributed by atoms with E-state index in [9.17, 15) is 9.59 Å². The van der Waals surface area contributed by atoms with E-state index in [1.165, 1.54) is 13.3 Å². The lowest BCUT2D eigenvalue weighted by atomic mass is 10.2. The Bertz CT molecular complexity index is 1160. The zero-order chi connectivity index (χ0) is 24.3. The Morgan fingerprint density at radius 2 is 1.79 bits per heavy atom. The first-order chi connectivity index (χ1) is 16.5. The summed E-state index contributed by atoms with van der Waals surface area (Å²) in [5.74, 6) is 0.397. The number of hydrogen-bond acceptors (Lipinski definition) is 6. The molecule has 0 fully saturated rings. The van der Waals surface area contributed by atoms with Crippen molar-refractivity contribution in [3.8, 4) is 17.2 Å². The Balaban J connectivity index is 1.61. The van der Waals surface area contributed by atoms with Gasteiger partial charge in [0, 0.05) is 10.6 Å². The average molecular weight is 481 g/mol. The third-order valence-electron chi connectivity index (χ3n) is 4.71. The van der Waals surface area contributed by atoms with Gasteiger partial charge in [-0.3, -0.25) is 4.79 Å². The number of esters is 1. The van der Waals surface area contributed by atoms with Gasteiger partial charge in [-0.2, -0.15) is 5.10 Å². The minimum absolute atomic E-state index is 0.260. The molecule has 1 amide bonds. The van der Waals surface area contributed by atoms with Crippen molar-refractivity contribution in [2.45, 2.75) is 19.8 Å². The van der Waals surface area contributed by atoms with Gasteiger partial charge < -0.3 is 14.2 Å². The molecule has 0 spiro atoms. The number of benzene rings is 3. The molecule has 176 valence electrons. The van der Waals surface area contributed by atoms with E-state index in [-0.39, 0.29) is 5.75 Å². The van der Waals surface area contributed by atoms with Gasteiger partial charge in [0.05, 0.1) is 25.5 Å². The summed E-state index contributed by atoms with van der Waals surface area (Å²) >= 11 is 5.90. The van der Waals surface area contributed by atoms with E-state index in [0.717, 1.165) is 12.8 Å². The van der Waals surface area contributed by atoms with Crippen molar-refractivity contribution in [1.29, 1.82) is 0 Å². The second-order valence-electron chi connectivity index (χ2n) is 7.24. The molecule has 3 aromatic carbocycles. The first kappa shape index (κ1) is 24.8. The molecule has 1 N–H and O–H groups in total. The highest BCUT2D eigenvalue weighted by molar-refractivity contribution is 6.30. The van der Waals surface area contributed by atoms with Crippen LogP contribution in [0.5, 0.6) is 17.2 Å². The Morgan fingerprint density at radius 3 is 2.50 bits per heavy atom. The number of ether oxygens (including phenoxy) is 3. The highest BCUT2D eigenvalue weighted by Gasteiger charge is 2.13. The van der Waals surface area contributed by atoms with Crippen molar-refractivity contribution in [3.05, 3.63) is 88.4 Å². The molecule has 0 bridgehead atoms. The number of nitrogens with one attached hydrogen (secondary N) is 1. The zero-order valence-corrected chi connectivity index (χ0v) is 19.7. The van der Waals surface area contributed by atoms with Crippen LogP contribution in [0.25, 0.3) is 0 Å². The molecule has 34 heavy (non-hydrogen) atoms. The summed E-state index contributed by atoms with van der Waals surface area (Å²) < 4.78 is 16.5. The fraction of sp³-hybridized carbons (Fsp3) is 0.192.